The Kier molecular flexibility index (Phi) is 5.31. The standard InChI is InChI=1S/C20H20N2O4/c1-3-15-6-4-5-7-17(15)25-13-20(24)26-12-16-10-19(23)22-11-14(2)8-9-18(22)21-16/h4-11H,3,12-13H2,1-2H3. The number of benzene rings is 1. The maximum Gasteiger partial charge on any atom is 0.344 e. The van der Waals surface area contributed by atoms with Gasteiger partial charge in [0.25, 0.3) is 5.56 Å². The van der Waals surface area contributed by atoms with Gasteiger partial charge in [0.15, 0.2) is 6.61 Å². The fraction of sp³-hybridized carbons (Fsp3) is 0.250. The number of carbonyl (C=O) groups is 1. The second-order valence-corrected chi connectivity index (χ2v) is 5.93. The van der Waals surface area contributed by atoms with Crippen molar-refractivity contribution >= 4 is 11.6 Å². The van der Waals surface area contributed by atoms with E-state index >= 15 is 0 Å². The molecule has 6 heteroatoms. The zero-order valence-corrected chi connectivity index (χ0v) is 14.8. The molecule has 3 aromatic rings. The molecule has 26 heavy (non-hydrogen) atoms. The molecule has 0 fully saturated rings. The summed E-state index contributed by atoms with van der Waals surface area (Å²) in [6.45, 7) is 3.66. The molecule has 0 bridgehead atoms. The highest BCUT2D eigenvalue weighted by atomic mass is 16.6. The third-order valence-corrected chi connectivity index (χ3v) is 3.94. The van der Waals surface area contributed by atoms with E-state index in [0.717, 1.165) is 17.5 Å². The Bertz CT molecular complexity index is 995. The number of hydrogen-bond donors (Lipinski definition) is 0. The van der Waals surface area contributed by atoms with E-state index in [4.69, 9.17) is 9.47 Å². The third-order valence-electron chi connectivity index (χ3n) is 3.94. The summed E-state index contributed by atoms with van der Waals surface area (Å²) in [6.07, 6.45) is 2.54. The number of ether oxygens (including phenoxy) is 2. The van der Waals surface area contributed by atoms with Gasteiger partial charge in [-0.25, -0.2) is 9.78 Å². The lowest BCUT2D eigenvalue weighted by Gasteiger charge is -2.10. The second kappa shape index (κ2) is 7.82. The zero-order chi connectivity index (χ0) is 18.5. The van der Waals surface area contributed by atoms with Gasteiger partial charge in [0.05, 0.1) is 5.69 Å². The third kappa shape index (κ3) is 4.08. The number of esters is 1. The van der Waals surface area contributed by atoms with E-state index in [-0.39, 0.29) is 18.8 Å². The number of pyridine rings is 1. The molecule has 1 aromatic carbocycles. The molecule has 0 radical (unpaired) electrons. The van der Waals surface area contributed by atoms with Crippen LogP contribution in [0.25, 0.3) is 5.65 Å². The molecule has 0 amide bonds. The molecule has 0 saturated carbocycles. The van der Waals surface area contributed by atoms with Gasteiger partial charge in [0, 0.05) is 12.3 Å². The molecule has 0 spiro atoms. The molecule has 0 aliphatic carbocycles. The van der Waals surface area contributed by atoms with Gasteiger partial charge in [-0.3, -0.25) is 9.20 Å². The quantitative estimate of drug-likeness (QED) is 0.638. The Morgan fingerprint density at radius 1 is 1.19 bits per heavy atom. The normalized spacial score (nSPS) is 10.7. The van der Waals surface area contributed by atoms with Gasteiger partial charge < -0.3 is 9.47 Å². The van der Waals surface area contributed by atoms with Crippen molar-refractivity contribution in [3.63, 3.8) is 0 Å². The Balaban J connectivity index is 1.62. The largest absolute Gasteiger partial charge is 0.482 e. The van der Waals surface area contributed by atoms with Crippen molar-refractivity contribution in [1.29, 1.82) is 0 Å². The number of hydrogen-bond acceptors (Lipinski definition) is 5. The van der Waals surface area contributed by atoms with Gasteiger partial charge in [0.1, 0.15) is 18.0 Å². The summed E-state index contributed by atoms with van der Waals surface area (Å²) in [7, 11) is 0. The minimum Gasteiger partial charge on any atom is -0.482 e. The first-order valence-electron chi connectivity index (χ1n) is 8.42. The highest BCUT2D eigenvalue weighted by molar-refractivity contribution is 5.71. The molecule has 0 unspecified atom stereocenters. The molecular formula is C20H20N2O4. The number of carbonyl (C=O) groups excluding carboxylic acids is 1. The first-order valence-corrected chi connectivity index (χ1v) is 8.42. The summed E-state index contributed by atoms with van der Waals surface area (Å²) in [5.41, 5.74) is 2.70. The topological polar surface area (TPSA) is 69.9 Å². The van der Waals surface area contributed by atoms with E-state index in [9.17, 15) is 9.59 Å². The Morgan fingerprint density at radius 3 is 2.81 bits per heavy atom. The molecule has 2 aromatic heterocycles. The molecule has 6 nitrogen and oxygen atoms in total. The lowest BCUT2D eigenvalue weighted by molar-refractivity contribution is -0.147. The van der Waals surface area contributed by atoms with Crippen LogP contribution in [-0.4, -0.2) is 22.0 Å². The fourth-order valence-electron chi connectivity index (χ4n) is 2.60. The summed E-state index contributed by atoms with van der Waals surface area (Å²) in [6, 6.07) is 12.6. The van der Waals surface area contributed by atoms with E-state index in [1.807, 2.05) is 44.2 Å². The van der Waals surface area contributed by atoms with Crippen LogP contribution >= 0.6 is 0 Å². The van der Waals surface area contributed by atoms with Crippen molar-refractivity contribution in [3.8, 4) is 5.75 Å². The smallest absolute Gasteiger partial charge is 0.344 e. The second-order valence-electron chi connectivity index (χ2n) is 5.93. The average Bonchev–Trinajstić information content (AvgIpc) is 2.65. The van der Waals surface area contributed by atoms with Gasteiger partial charge in [0.2, 0.25) is 0 Å². The van der Waals surface area contributed by atoms with E-state index in [1.165, 1.54) is 10.5 Å². The van der Waals surface area contributed by atoms with Crippen LogP contribution in [0, 0.1) is 6.92 Å². The summed E-state index contributed by atoms with van der Waals surface area (Å²) < 4.78 is 12.2. The Hall–Kier alpha value is -3.15. The van der Waals surface area contributed by atoms with Crippen LogP contribution in [0.5, 0.6) is 5.75 Å². The maximum atomic E-state index is 12.1. The molecule has 0 saturated heterocycles. The number of aromatic nitrogens is 2. The predicted molar refractivity (Wildman–Crippen MR) is 97.3 cm³/mol. The van der Waals surface area contributed by atoms with Gasteiger partial charge >= 0.3 is 5.97 Å². The first kappa shape index (κ1) is 17.7. The number of rotatable bonds is 6. The molecule has 0 N–H and O–H groups in total. The summed E-state index contributed by atoms with van der Waals surface area (Å²) in [5, 5.41) is 0. The number of para-hydroxylation sites is 1. The minimum atomic E-state index is -0.512. The Morgan fingerprint density at radius 2 is 2.00 bits per heavy atom. The van der Waals surface area contributed by atoms with E-state index < -0.39 is 5.97 Å². The molecule has 3 rings (SSSR count). The summed E-state index contributed by atoms with van der Waals surface area (Å²) in [4.78, 5) is 28.4. The number of aryl methyl sites for hydroxylation is 2. The lowest BCUT2D eigenvalue weighted by Crippen LogP contribution is -2.19. The van der Waals surface area contributed by atoms with Crippen LogP contribution < -0.4 is 10.3 Å². The SMILES string of the molecule is CCc1ccccc1OCC(=O)OCc1cc(=O)n2cc(C)ccc2n1. The van der Waals surface area contributed by atoms with Crippen molar-refractivity contribution in [2.75, 3.05) is 6.61 Å². The van der Waals surface area contributed by atoms with Gasteiger partial charge in [-0.05, 0) is 36.6 Å². The zero-order valence-electron chi connectivity index (χ0n) is 14.8. The van der Waals surface area contributed by atoms with Crippen LogP contribution in [0.4, 0.5) is 0 Å². The van der Waals surface area contributed by atoms with Crippen LogP contribution in [-0.2, 0) is 22.6 Å². The maximum absolute atomic E-state index is 12.1. The predicted octanol–water partition coefficient (Wildman–Crippen LogP) is 2.69. The summed E-state index contributed by atoms with van der Waals surface area (Å²) >= 11 is 0. The van der Waals surface area contributed by atoms with E-state index in [1.54, 1.807) is 12.3 Å². The fourth-order valence-corrected chi connectivity index (χ4v) is 2.60. The van der Waals surface area contributed by atoms with Crippen molar-refractivity contribution in [1.82, 2.24) is 9.38 Å². The minimum absolute atomic E-state index is 0.0722. The van der Waals surface area contributed by atoms with Crippen LogP contribution in [0.2, 0.25) is 0 Å². The molecule has 134 valence electrons. The van der Waals surface area contributed by atoms with Crippen LogP contribution in [0.1, 0.15) is 23.7 Å². The van der Waals surface area contributed by atoms with Gasteiger partial charge in [-0.1, -0.05) is 31.2 Å². The van der Waals surface area contributed by atoms with Crippen LogP contribution in [0.15, 0.2) is 53.5 Å². The van der Waals surface area contributed by atoms with Crippen molar-refractivity contribution in [2.45, 2.75) is 26.9 Å². The monoisotopic (exact) mass is 352 g/mol. The average molecular weight is 352 g/mol. The van der Waals surface area contributed by atoms with Crippen molar-refractivity contribution < 1.29 is 14.3 Å². The molecular weight excluding hydrogens is 332 g/mol. The van der Waals surface area contributed by atoms with Gasteiger partial charge in [-0.2, -0.15) is 0 Å². The Labute approximate surface area is 151 Å². The number of nitrogens with zero attached hydrogens (tertiary/aromatic N) is 2. The van der Waals surface area contributed by atoms with E-state index in [0.29, 0.717) is 17.1 Å². The first-order chi connectivity index (χ1) is 12.6. The number of fused-ring (bicyclic) bond motifs is 1. The van der Waals surface area contributed by atoms with Crippen molar-refractivity contribution in [2.24, 2.45) is 0 Å². The lowest BCUT2D eigenvalue weighted by atomic mass is 10.1. The summed E-state index contributed by atoms with van der Waals surface area (Å²) in [5.74, 6) is 0.159. The molecule has 0 aliphatic heterocycles. The molecule has 0 aliphatic rings. The van der Waals surface area contributed by atoms with Crippen LogP contribution in [0.3, 0.4) is 0 Å². The van der Waals surface area contributed by atoms with E-state index in [2.05, 4.69) is 4.98 Å². The highest BCUT2D eigenvalue weighted by Crippen LogP contribution is 2.18. The highest BCUT2D eigenvalue weighted by Gasteiger charge is 2.09. The van der Waals surface area contributed by atoms with Crippen molar-refractivity contribution in [3.05, 3.63) is 75.8 Å². The molecule has 2 heterocycles. The van der Waals surface area contributed by atoms with Gasteiger partial charge in [-0.15, -0.1) is 0 Å². The molecule has 0 atom stereocenters.